The molecule has 0 amide bonds. The van der Waals surface area contributed by atoms with Gasteiger partial charge >= 0.3 is 0 Å². The molecule has 0 unspecified atom stereocenters. The van der Waals surface area contributed by atoms with E-state index in [-0.39, 0.29) is 33.2 Å². The normalized spacial score (nSPS) is 11.6. The third-order valence-electron chi connectivity index (χ3n) is 5.67. The van der Waals surface area contributed by atoms with Crippen molar-refractivity contribution in [1.82, 2.24) is 15.1 Å². The molecule has 0 fully saturated rings. The summed E-state index contributed by atoms with van der Waals surface area (Å²) in [6.45, 7) is 1.79. The van der Waals surface area contributed by atoms with Crippen LogP contribution in [0.15, 0.2) is 81.3 Å². The largest absolute Gasteiger partial charge is 0.495 e. The number of hydrogen-bond acceptors (Lipinski definition) is 7. The molecule has 0 spiro atoms. The summed E-state index contributed by atoms with van der Waals surface area (Å²) in [5, 5.41) is 4.31. The average Bonchev–Trinajstić information content (AvgIpc) is 3.39. The summed E-state index contributed by atoms with van der Waals surface area (Å²) in [4.78, 5) is 18.0. The van der Waals surface area contributed by atoms with Crippen LogP contribution >= 0.6 is 11.6 Å². The average molecular weight is 541 g/mol. The number of aryl methyl sites for hydroxylation is 1. The van der Waals surface area contributed by atoms with Crippen LogP contribution in [0.1, 0.15) is 5.56 Å². The number of aromatic nitrogens is 3. The molecule has 12 heteroatoms. The van der Waals surface area contributed by atoms with Gasteiger partial charge in [0.2, 0.25) is 0 Å². The zero-order chi connectivity index (χ0) is 26.3. The van der Waals surface area contributed by atoms with Crippen LogP contribution in [0.5, 0.6) is 5.75 Å². The number of fused-ring (bicyclic) bond motifs is 1. The van der Waals surface area contributed by atoms with Crippen molar-refractivity contribution in [2.45, 2.75) is 11.8 Å². The van der Waals surface area contributed by atoms with E-state index in [1.165, 1.54) is 43.7 Å². The number of H-pyrrole nitrogens is 1. The molecule has 9 nitrogen and oxygen atoms in total. The van der Waals surface area contributed by atoms with Crippen molar-refractivity contribution in [1.29, 1.82) is 0 Å². The number of rotatable bonds is 6. The summed E-state index contributed by atoms with van der Waals surface area (Å²) in [5.74, 6) is -0.750. The van der Waals surface area contributed by atoms with Crippen LogP contribution in [-0.4, -0.2) is 30.7 Å². The van der Waals surface area contributed by atoms with Crippen LogP contribution in [0.4, 0.5) is 15.9 Å². The van der Waals surface area contributed by atoms with Crippen molar-refractivity contribution in [2.75, 3.05) is 11.4 Å². The van der Waals surface area contributed by atoms with E-state index in [1.54, 1.807) is 25.1 Å². The van der Waals surface area contributed by atoms with E-state index in [0.29, 0.717) is 16.1 Å². The molecule has 0 aliphatic carbocycles. The van der Waals surface area contributed by atoms with Crippen molar-refractivity contribution in [2.24, 2.45) is 0 Å². The first-order valence-corrected chi connectivity index (χ1v) is 12.6. The lowest BCUT2D eigenvalue weighted by molar-refractivity contribution is 0.413. The number of aromatic amines is 1. The Kier molecular flexibility index (Phi) is 6.18. The predicted octanol–water partition coefficient (Wildman–Crippen LogP) is 5.21. The minimum Gasteiger partial charge on any atom is -0.495 e. The van der Waals surface area contributed by atoms with E-state index >= 15 is 4.39 Å². The summed E-state index contributed by atoms with van der Waals surface area (Å²) in [5.41, 5.74) is 1.52. The molecule has 0 saturated carbocycles. The molecule has 0 radical (unpaired) electrons. The molecule has 0 aliphatic rings. The van der Waals surface area contributed by atoms with Gasteiger partial charge in [-0.25, -0.2) is 22.1 Å². The second-order valence-electron chi connectivity index (χ2n) is 8.02. The van der Waals surface area contributed by atoms with Gasteiger partial charge in [-0.15, -0.1) is 0 Å². The molecule has 0 atom stereocenters. The SMILES string of the molecule is COc1cc(-c2ccc(Cl)c(C)c2)c(F)cc1N(c1ccon1)S(=O)(=O)c1ccc2[nH]c(=O)cnc2c1. The van der Waals surface area contributed by atoms with Crippen LogP contribution in [-0.2, 0) is 10.0 Å². The molecule has 37 heavy (non-hydrogen) atoms. The zero-order valence-electron chi connectivity index (χ0n) is 19.4. The number of methoxy groups -OCH3 is 1. The van der Waals surface area contributed by atoms with Gasteiger partial charge in [-0.2, -0.15) is 0 Å². The van der Waals surface area contributed by atoms with Crippen molar-refractivity contribution >= 4 is 44.2 Å². The Morgan fingerprint density at radius 2 is 1.92 bits per heavy atom. The Labute approximate surface area is 215 Å². The van der Waals surface area contributed by atoms with E-state index in [9.17, 15) is 13.2 Å². The molecule has 188 valence electrons. The quantitative estimate of drug-likeness (QED) is 0.314. The van der Waals surface area contributed by atoms with Gasteiger partial charge in [0.1, 0.15) is 23.5 Å². The standard InChI is InChI=1S/C25H18ClFN4O5S/c1-14-9-15(3-5-18(14)26)17-11-23(35-2)22(12-19(17)27)31(24-7-8-36-30-24)37(33,34)16-4-6-20-21(10-16)28-13-25(32)29-20/h3-13H,1-2H3,(H,29,32). The minimum atomic E-state index is -4.40. The second kappa shape index (κ2) is 9.34. The summed E-state index contributed by atoms with van der Waals surface area (Å²) >= 11 is 6.11. The van der Waals surface area contributed by atoms with Crippen molar-refractivity contribution in [3.63, 3.8) is 0 Å². The number of hydrogen-bond donors (Lipinski definition) is 1. The second-order valence-corrected chi connectivity index (χ2v) is 10.2. The Morgan fingerprint density at radius 1 is 1.11 bits per heavy atom. The molecular formula is C25H18ClFN4O5S. The van der Waals surface area contributed by atoms with Crippen LogP contribution in [0.2, 0.25) is 5.02 Å². The summed E-state index contributed by atoms with van der Waals surface area (Å²) in [7, 11) is -3.06. The highest BCUT2D eigenvalue weighted by molar-refractivity contribution is 7.93. The van der Waals surface area contributed by atoms with Crippen molar-refractivity contribution < 1.29 is 22.1 Å². The third kappa shape index (κ3) is 4.43. The maximum atomic E-state index is 15.5. The topological polar surface area (TPSA) is 118 Å². The number of anilines is 2. The van der Waals surface area contributed by atoms with Gasteiger partial charge < -0.3 is 14.2 Å². The molecular weight excluding hydrogens is 523 g/mol. The third-order valence-corrected chi connectivity index (χ3v) is 7.81. The van der Waals surface area contributed by atoms with Crippen LogP contribution < -0.4 is 14.6 Å². The van der Waals surface area contributed by atoms with Gasteiger partial charge in [0.15, 0.2) is 5.82 Å². The first-order valence-electron chi connectivity index (χ1n) is 10.8. The molecule has 0 bridgehead atoms. The number of benzene rings is 3. The Bertz CT molecular complexity index is 1810. The lowest BCUT2D eigenvalue weighted by atomic mass is 10.0. The molecule has 1 N–H and O–H groups in total. The smallest absolute Gasteiger partial charge is 0.270 e. The Morgan fingerprint density at radius 3 is 2.62 bits per heavy atom. The monoisotopic (exact) mass is 540 g/mol. The fourth-order valence-electron chi connectivity index (χ4n) is 3.87. The number of nitrogens with one attached hydrogen (secondary N) is 1. The van der Waals surface area contributed by atoms with Gasteiger partial charge in [-0.1, -0.05) is 22.8 Å². The molecule has 5 rings (SSSR count). The van der Waals surface area contributed by atoms with Crippen molar-refractivity contribution in [3.8, 4) is 16.9 Å². The molecule has 5 aromatic rings. The fraction of sp³-hybridized carbons (Fsp3) is 0.0800. The van der Waals surface area contributed by atoms with E-state index < -0.39 is 21.4 Å². The summed E-state index contributed by atoms with van der Waals surface area (Å²) in [6, 6.07) is 12.8. The lowest BCUT2D eigenvalue weighted by Crippen LogP contribution is -2.27. The number of ether oxygens (including phenoxy) is 1. The van der Waals surface area contributed by atoms with E-state index in [2.05, 4.69) is 15.1 Å². The van der Waals surface area contributed by atoms with Crippen molar-refractivity contribution in [3.05, 3.63) is 93.8 Å². The van der Waals surface area contributed by atoms with Crippen LogP contribution in [0.25, 0.3) is 22.2 Å². The van der Waals surface area contributed by atoms with Crippen LogP contribution in [0, 0.1) is 12.7 Å². The first-order chi connectivity index (χ1) is 17.7. The minimum absolute atomic E-state index is 0.0684. The molecule has 2 aromatic heterocycles. The van der Waals surface area contributed by atoms with E-state index in [0.717, 1.165) is 22.1 Å². The number of halogens is 2. The summed E-state index contributed by atoms with van der Waals surface area (Å²) in [6.07, 6.45) is 2.24. The molecule has 3 aromatic carbocycles. The fourth-order valence-corrected chi connectivity index (χ4v) is 5.44. The van der Waals surface area contributed by atoms with Gasteiger partial charge in [-0.05, 0) is 54.4 Å². The lowest BCUT2D eigenvalue weighted by Gasteiger charge is -2.24. The van der Waals surface area contributed by atoms with Gasteiger partial charge in [0.05, 0.1) is 29.2 Å². The summed E-state index contributed by atoms with van der Waals surface area (Å²) < 4.78 is 54.6. The molecule has 2 heterocycles. The number of sulfonamides is 1. The maximum Gasteiger partial charge on any atom is 0.270 e. The highest BCUT2D eigenvalue weighted by atomic mass is 35.5. The molecule has 0 saturated heterocycles. The van der Waals surface area contributed by atoms with Gasteiger partial charge in [0.25, 0.3) is 15.6 Å². The predicted molar refractivity (Wildman–Crippen MR) is 136 cm³/mol. The Hall–Kier alpha value is -4.22. The highest BCUT2D eigenvalue weighted by Crippen LogP contribution is 2.42. The van der Waals surface area contributed by atoms with Gasteiger partial charge in [0, 0.05) is 22.7 Å². The first kappa shape index (κ1) is 24.5. The van der Waals surface area contributed by atoms with Gasteiger partial charge in [-0.3, -0.25) is 4.79 Å². The Balaban J connectivity index is 1.70. The molecule has 0 aliphatic heterocycles. The van der Waals surface area contributed by atoms with E-state index in [1.807, 2.05) is 0 Å². The maximum absolute atomic E-state index is 15.5. The van der Waals surface area contributed by atoms with E-state index in [4.69, 9.17) is 20.9 Å². The number of nitrogens with zero attached hydrogens (tertiary/aromatic N) is 3. The zero-order valence-corrected chi connectivity index (χ0v) is 21.0. The van der Waals surface area contributed by atoms with Crippen LogP contribution in [0.3, 0.4) is 0 Å². The highest BCUT2D eigenvalue weighted by Gasteiger charge is 2.32.